The largest absolute Gasteiger partial charge is 0.479 e. The van der Waals surface area contributed by atoms with Gasteiger partial charge in [-0.05, 0) is 35.4 Å². The van der Waals surface area contributed by atoms with Gasteiger partial charge in [0.1, 0.15) is 0 Å². The zero-order valence-electron chi connectivity index (χ0n) is 11.5. The van der Waals surface area contributed by atoms with E-state index in [9.17, 15) is 9.90 Å². The Morgan fingerprint density at radius 1 is 1.24 bits per heavy atom. The van der Waals surface area contributed by atoms with Crippen LogP contribution in [0.2, 0.25) is 5.02 Å². The first-order valence-corrected chi connectivity index (χ1v) is 6.81. The fourth-order valence-corrected chi connectivity index (χ4v) is 2.21. The molecule has 0 bridgehead atoms. The third-order valence-electron chi connectivity index (χ3n) is 3.07. The molecular weight excluding hydrogens is 290 g/mol. The molecule has 5 heteroatoms. The average Bonchev–Trinajstić information content (AvgIpc) is 2.47. The maximum atomic E-state index is 11.6. The summed E-state index contributed by atoms with van der Waals surface area (Å²) in [6.07, 6.45) is 0. The maximum Gasteiger partial charge on any atom is 0.330 e. The third-order valence-corrected chi connectivity index (χ3v) is 3.32. The number of carboxylic acid groups (broad SMARTS) is 1. The monoisotopic (exact) mass is 305 g/mol. The molecule has 0 aliphatic heterocycles. The summed E-state index contributed by atoms with van der Waals surface area (Å²) in [4.78, 5) is 11.6. The molecular formula is C16H16ClNO3. The first kappa shape index (κ1) is 15.4. The lowest BCUT2D eigenvalue weighted by Crippen LogP contribution is -2.22. The van der Waals surface area contributed by atoms with Crippen LogP contribution in [0.25, 0.3) is 0 Å². The summed E-state index contributed by atoms with van der Waals surface area (Å²) in [7, 11) is 1.58. The molecule has 0 aliphatic carbocycles. The number of methoxy groups -OCH3 is 1. The minimum Gasteiger partial charge on any atom is -0.479 e. The Hall–Kier alpha value is -2.04. The summed E-state index contributed by atoms with van der Waals surface area (Å²) >= 11 is 5.83. The van der Waals surface area contributed by atoms with E-state index in [0.29, 0.717) is 22.9 Å². The molecule has 0 radical (unpaired) electrons. The minimum absolute atomic E-state index is 0.363. The summed E-state index contributed by atoms with van der Waals surface area (Å²) in [5, 5.41) is 13.1. The molecule has 0 aliphatic rings. The highest BCUT2D eigenvalue weighted by atomic mass is 35.5. The number of nitrogens with one attached hydrogen (secondary N) is 1. The molecule has 0 amide bonds. The number of ether oxygens (including phenoxy) is 1. The molecule has 0 saturated carbocycles. The molecule has 21 heavy (non-hydrogen) atoms. The lowest BCUT2D eigenvalue weighted by molar-refractivity contribution is -0.138. The van der Waals surface area contributed by atoms with Crippen molar-refractivity contribution in [1.29, 1.82) is 0 Å². The summed E-state index contributed by atoms with van der Waals surface area (Å²) in [5.41, 5.74) is 2.22. The standard InChI is InChI=1S/C16H16ClNO3/c1-21-10-11-4-2-3-5-14(11)15(16(19)20)18-13-8-6-12(17)7-9-13/h2-9,15,18H,10H2,1H3,(H,19,20). The van der Waals surface area contributed by atoms with Crippen LogP contribution in [-0.4, -0.2) is 18.2 Å². The molecule has 110 valence electrons. The number of carboxylic acids is 1. The zero-order chi connectivity index (χ0) is 15.2. The van der Waals surface area contributed by atoms with Gasteiger partial charge in [0, 0.05) is 17.8 Å². The minimum atomic E-state index is -0.950. The van der Waals surface area contributed by atoms with Gasteiger partial charge in [-0.15, -0.1) is 0 Å². The molecule has 0 aromatic heterocycles. The van der Waals surface area contributed by atoms with Crippen LogP contribution in [0.5, 0.6) is 0 Å². The summed E-state index contributed by atoms with van der Waals surface area (Å²) in [5.74, 6) is -0.950. The van der Waals surface area contributed by atoms with Gasteiger partial charge in [-0.1, -0.05) is 35.9 Å². The lowest BCUT2D eigenvalue weighted by atomic mass is 10.0. The van der Waals surface area contributed by atoms with E-state index >= 15 is 0 Å². The Balaban J connectivity index is 2.31. The number of halogens is 1. The van der Waals surface area contributed by atoms with Crippen LogP contribution < -0.4 is 5.32 Å². The smallest absolute Gasteiger partial charge is 0.330 e. The van der Waals surface area contributed by atoms with Gasteiger partial charge in [0.15, 0.2) is 6.04 Å². The van der Waals surface area contributed by atoms with Gasteiger partial charge >= 0.3 is 5.97 Å². The van der Waals surface area contributed by atoms with E-state index in [1.807, 2.05) is 18.2 Å². The van der Waals surface area contributed by atoms with E-state index in [1.54, 1.807) is 37.4 Å². The van der Waals surface area contributed by atoms with Crippen LogP contribution in [0.4, 0.5) is 5.69 Å². The summed E-state index contributed by atoms with van der Waals surface area (Å²) in [6, 6.07) is 13.4. The molecule has 1 atom stereocenters. The average molecular weight is 306 g/mol. The molecule has 0 heterocycles. The van der Waals surface area contributed by atoms with Gasteiger partial charge in [-0.2, -0.15) is 0 Å². The van der Waals surface area contributed by atoms with Crippen LogP contribution in [0, 0.1) is 0 Å². The molecule has 2 rings (SSSR count). The van der Waals surface area contributed by atoms with Gasteiger partial charge in [-0.25, -0.2) is 4.79 Å². The normalized spacial score (nSPS) is 11.9. The predicted molar refractivity (Wildman–Crippen MR) is 82.6 cm³/mol. The summed E-state index contributed by atoms with van der Waals surface area (Å²) in [6.45, 7) is 0.363. The second-order valence-corrected chi connectivity index (χ2v) is 4.99. The molecule has 1 unspecified atom stereocenters. The number of aliphatic carboxylic acids is 1. The van der Waals surface area contributed by atoms with Crippen molar-refractivity contribution in [3.05, 3.63) is 64.7 Å². The molecule has 0 saturated heterocycles. The highest BCUT2D eigenvalue weighted by Gasteiger charge is 2.22. The van der Waals surface area contributed by atoms with Crippen molar-refractivity contribution in [2.45, 2.75) is 12.6 Å². The SMILES string of the molecule is COCc1ccccc1C(Nc1ccc(Cl)cc1)C(=O)O. The van der Waals surface area contributed by atoms with Crippen molar-refractivity contribution in [2.75, 3.05) is 12.4 Å². The first-order valence-electron chi connectivity index (χ1n) is 6.43. The molecule has 2 N–H and O–H groups in total. The van der Waals surface area contributed by atoms with E-state index in [1.165, 1.54) is 0 Å². The third kappa shape index (κ3) is 3.97. The van der Waals surface area contributed by atoms with E-state index in [-0.39, 0.29) is 0 Å². The number of rotatable bonds is 6. The highest BCUT2D eigenvalue weighted by molar-refractivity contribution is 6.30. The molecule has 4 nitrogen and oxygen atoms in total. The summed E-state index contributed by atoms with van der Waals surface area (Å²) < 4.78 is 5.13. The fraction of sp³-hybridized carbons (Fsp3) is 0.188. The second kappa shape index (κ2) is 7.11. The molecule has 2 aromatic carbocycles. The van der Waals surface area contributed by atoms with Crippen molar-refractivity contribution in [1.82, 2.24) is 0 Å². The first-order chi connectivity index (χ1) is 10.1. The molecule has 0 fully saturated rings. The van der Waals surface area contributed by atoms with Crippen LogP contribution in [0.1, 0.15) is 17.2 Å². The van der Waals surface area contributed by atoms with E-state index in [2.05, 4.69) is 5.32 Å². The van der Waals surface area contributed by atoms with E-state index in [4.69, 9.17) is 16.3 Å². The highest BCUT2D eigenvalue weighted by Crippen LogP contribution is 2.24. The van der Waals surface area contributed by atoms with Crippen molar-refractivity contribution < 1.29 is 14.6 Å². The Labute approximate surface area is 128 Å². The van der Waals surface area contributed by atoms with E-state index < -0.39 is 12.0 Å². The number of carbonyl (C=O) groups is 1. The number of anilines is 1. The second-order valence-electron chi connectivity index (χ2n) is 4.55. The Morgan fingerprint density at radius 2 is 1.90 bits per heavy atom. The van der Waals surface area contributed by atoms with Gasteiger partial charge in [0.25, 0.3) is 0 Å². The van der Waals surface area contributed by atoms with Crippen molar-refractivity contribution in [3.8, 4) is 0 Å². The van der Waals surface area contributed by atoms with Crippen LogP contribution in [0.15, 0.2) is 48.5 Å². The zero-order valence-corrected chi connectivity index (χ0v) is 12.3. The number of benzene rings is 2. The molecule has 0 spiro atoms. The van der Waals surface area contributed by atoms with Crippen molar-refractivity contribution in [2.24, 2.45) is 0 Å². The Morgan fingerprint density at radius 3 is 2.52 bits per heavy atom. The Kier molecular flexibility index (Phi) is 5.20. The molecule has 2 aromatic rings. The fourth-order valence-electron chi connectivity index (χ4n) is 2.09. The van der Waals surface area contributed by atoms with Gasteiger partial charge in [0.05, 0.1) is 6.61 Å². The number of hydrogen-bond donors (Lipinski definition) is 2. The van der Waals surface area contributed by atoms with Crippen molar-refractivity contribution >= 4 is 23.3 Å². The quantitative estimate of drug-likeness (QED) is 0.854. The van der Waals surface area contributed by atoms with E-state index in [0.717, 1.165) is 5.56 Å². The van der Waals surface area contributed by atoms with Crippen LogP contribution in [-0.2, 0) is 16.1 Å². The van der Waals surface area contributed by atoms with Crippen molar-refractivity contribution in [3.63, 3.8) is 0 Å². The van der Waals surface area contributed by atoms with Gasteiger partial charge in [-0.3, -0.25) is 0 Å². The van der Waals surface area contributed by atoms with Crippen LogP contribution in [0.3, 0.4) is 0 Å². The predicted octanol–water partition coefficient (Wildman–Crippen LogP) is 3.72. The maximum absolute atomic E-state index is 11.6. The number of hydrogen-bond acceptors (Lipinski definition) is 3. The lowest BCUT2D eigenvalue weighted by Gasteiger charge is -2.19. The van der Waals surface area contributed by atoms with Gasteiger partial charge in [0.2, 0.25) is 0 Å². The van der Waals surface area contributed by atoms with Gasteiger partial charge < -0.3 is 15.2 Å². The Bertz CT molecular complexity index is 613. The topological polar surface area (TPSA) is 58.6 Å². The van der Waals surface area contributed by atoms with Crippen LogP contribution >= 0.6 is 11.6 Å².